The van der Waals surface area contributed by atoms with Crippen molar-refractivity contribution in [3.05, 3.63) is 52.5 Å². The van der Waals surface area contributed by atoms with Gasteiger partial charge in [-0.25, -0.2) is 4.98 Å². The summed E-state index contributed by atoms with van der Waals surface area (Å²) >= 11 is 3.37. The molecule has 0 aliphatic heterocycles. The van der Waals surface area contributed by atoms with Gasteiger partial charge in [0.15, 0.2) is 0 Å². The van der Waals surface area contributed by atoms with E-state index >= 15 is 0 Å². The van der Waals surface area contributed by atoms with E-state index in [1.807, 2.05) is 24.3 Å². The van der Waals surface area contributed by atoms with Gasteiger partial charge in [0.05, 0.1) is 6.61 Å². The summed E-state index contributed by atoms with van der Waals surface area (Å²) in [6.45, 7) is 1.50. The van der Waals surface area contributed by atoms with Crippen LogP contribution in [-0.2, 0) is 0 Å². The highest BCUT2D eigenvalue weighted by atomic mass is 79.9. The number of hydrogen-bond donors (Lipinski definition) is 2. The number of hydrogen-bond acceptors (Lipinski definition) is 3. The van der Waals surface area contributed by atoms with Crippen LogP contribution in [0.3, 0.4) is 0 Å². The Kier molecular flexibility index (Phi) is 4.96. The van der Waals surface area contributed by atoms with Gasteiger partial charge in [0.25, 0.3) is 0 Å². The summed E-state index contributed by atoms with van der Waals surface area (Å²) in [4.78, 5) is 4.08. The van der Waals surface area contributed by atoms with E-state index in [0.29, 0.717) is 5.82 Å². The van der Waals surface area contributed by atoms with E-state index < -0.39 is 12.1 Å². The van der Waals surface area contributed by atoms with Crippen LogP contribution in [0.25, 0.3) is 0 Å². The first-order valence-electron chi connectivity index (χ1n) is 6.20. The lowest BCUT2D eigenvalue weighted by Gasteiger charge is -2.14. The van der Waals surface area contributed by atoms with Crippen LogP contribution >= 0.6 is 15.9 Å². The molecule has 1 aromatic carbocycles. The molecule has 1 unspecified atom stereocenters. The quantitative estimate of drug-likeness (QED) is 0.846. The standard InChI is InChI=1S/C15H15BrN2O2/c1-11(20)15-17-8-9-18(15)14(10-19)7-4-12-2-5-13(16)6-3-12/h2-3,5-6,8-9,11,14,19-20H,10H2,1H3/t11-,14?/m0/s1. The Balaban J connectivity index is 2.25. The molecule has 0 bridgehead atoms. The minimum atomic E-state index is -0.700. The van der Waals surface area contributed by atoms with Crippen molar-refractivity contribution in [3.63, 3.8) is 0 Å². The lowest BCUT2D eigenvalue weighted by molar-refractivity contribution is 0.176. The fourth-order valence-electron chi connectivity index (χ4n) is 1.81. The van der Waals surface area contributed by atoms with E-state index in [4.69, 9.17) is 0 Å². The molecule has 104 valence electrons. The van der Waals surface area contributed by atoms with Gasteiger partial charge in [0, 0.05) is 22.4 Å². The lowest BCUT2D eigenvalue weighted by Crippen LogP contribution is -2.15. The largest absolute Gasteiger partial charge is 0.393 e. The molecule has 1 aromatic heterocycles. The monoisotopic (exact) mass is 334 g/mol. The zero-order valence-corrected chi connectivity index (χ0v) is 12.6. The van der Waals surface area contributed by atoms with E-state index in [2.05, 4.69) is 32.8 Å². The molecule has 2 rings (SSSR count). The van der Waals surface area contributed by atoms with E-state index in [9.17, 15) is 10.2 Å². The first-order chi connectivity index (χ1) is 9.61. The fraction of sp³-hybridized carbons (Fsp3) is 0.267. The van der Waals surface area contributed by atoms with Crippen molar-refractivity contribution >= 4 is 15.9 Å². The highest BCUT2D eigenvalue weighted by Gasteiger charge is 2.14. The third-order valence-corrected chi connectivity index (χ3v) is 3.34. The van der Waals surface area contributed by atoms with Crippen LogP contribution in [-0.4, -0.2) is 26.4 Å². The topological polar surface area (TPSA) is 58.3 Å². The highest BCUT2D eigenvalue weighted by molar-refractivity contribution is 9.10. The zero-order valence-electron chi connectivity index (χ0n) is 11.0. The van der Waals surface area contributed by atoms with Gasteiger partial charge < -0.3 is 14.8 Å². The van der Waals surface area contributed by atoms with Crippen LogP contribution in [0, 0.1) is 11.8 Å². The molecule has 5 heteroatoms. The number of benzene rings is 1. The Morgan fingerprint density at radius 2 is 2.05 bits per heavy atom. The fourth-order valence-corrected chi connectivity index (χ4v) is 2.08. The number of aromatic nitrogens is 2. The third kappa shape index (κ3) is 3.48. The molecule has 2 atom stereocenters. The number of halogens is 1. The smallest absolute Gasteiger partial charge is 0.138 e. The summed E-state index contributed by atoms with van der Waals surface area (Å²) in [7, 11) is 0. The molecule has 1 heterocycles. The molecule has 2 aromatic rings. The van der Waals surface area contributed by atoms with Crippen molar-refractivity contribution in [3.8, 4) is 11.8 Å². The number of aliphatic hydroxyl groups is 2. The van der Waals surface area contributed by atoms with Crippen LogP contribution in [0.2, 0.25) is 0 Å². The molecule has 2 N–H and O–H groups in total. The molecule has 0 fully saturated rings. The molecule has 0 spiro atoms. The van der Waals surface area contributed by atoms with Gasteiger partial charge in [-0.3, -0.25) is 0 Å². The van der Waals surface area contributed by atoms with E-state index in [0.717, 1.165) is 10.0 Å². The van der Waals surface area contributed by atoms with Crippen LogP contribution in [0.4, 0.5) is 0 Å². The summed E-state index contributed by atoms with van der Waals surface area (Å²) in [6, 6.07) is 7.20. The Hall–Kier alpha value is -1.61. The Morgan fingerprint density at radius 3 is 2.65 bits per heavy atom. The summed E-state index contributed by atoms with van der Waals surface area (Å²) < 4.78 is 2.68. The second-order valence-corrected chi connectivity index (χ2v) is 5.26. The van der Waals surface area contributed by atoms with Gasteiger partial charge in [-0.2, -0.15) is 0 Å². The SMILES string of the molecule is C[C@H](O)c1nccn1C(C#Cc1ccc(Br)cc1)CO. The average Bonchev–Trinajstić information content (AvgIpc) is 2.91. The molecule has 0 radical (unpaired) electrons. The lowest BCUT2D eigenvalue weighted by atomic mass is 10.2. The normalized spacial score (nSPS) is 13.4. The van der Waals surface area contributed by atoms with Gasteiger partial charge in [-0.1, -0.05) is 27.8 Å². The number of nitrogens with zero attached hydrogens (tertiary/aromatic N) is 2. The predicted molar refractivity (Wildman–Crippen MR) is 80.0 cm³/mol. The first kappa shape index (κ1) is 14.8. The van der Waals surface area contributed by atoms with Crippen molar-refractivity contribution in [2.75, 3.05) is 6.61 Å². The average molecular weight is 335 g/mol. The molecular formula is C15H15BrN2O2. The van der Waals surface area contributed by atoms with Crippen molar-refractivity contribution in [1.82, 2.24) is 9.55 Å². The van der Waals surface area contributed by atoms with Gasteiger partial charge in [0.1, 0.15) is 18.0 Å². The van der Waals surface area contributed by atoms with Gasteiger partial charge in [0.2, 0.25) is 0 Å². The molecule has 4 nitrogen and oxygen atoms in total. The maximum Gasteiger partial charge on any atom is 0.138 e. The molecule has 20 heavy (non-hydrogen) atoms. The van der Waals surface area contributed by atoms with Crippen molar-refractivity contribution in [1.29, 1.82) is 0 Å². The van der Waals surface area contributed by atoms with E-state index in [1.54, 1.807) is 23.9 Å². The van der Waals surface area contributed by atoms with Crippen LogP contribution in [0.15, 0.2) is 41.1 Å². The Morgan fingerprint density at radius 1 is 1.35 bits per heavy atom. The Labute approximate surface area is 126 Å². The summed E-state index contributed by atoms with van der Waals surface area (Å²) in [5, 5.41) is 19.1. The van der Waals surface area contributed by atoms with Gasteiger partial charge in [-0.15, -0.1) is 0 Å². The molecule has 0 saturated heterocycles. The minimum Gasteiger partial charge on any atom is -0.393 e. The molecule has 0 saturated carbocycles. The second kappa shape index (κ2) is 6.71. The van der Waals surface area contributed by atoms with Crippen molar-refractivity contribution in [2.45, 2.75) is 19.1 Å². The highest BCUT2D eigenvalue weighted by Crippen LogP contribution is 2.15. The minimum absolute atomic E-state index is 0.139. The number of imidazole rings is 1. The first-order valence-corrected chi connectivity index (χ1v) is 7.00. The van der Waals surface area contributed by atoms with Crippen LogP contribution in [0.5, 0.6) is 0 Å². The van der Waals surface area contributed by atoms with E-state index in [1.165, 1.54) is 0 Å². The van der Waals surface area contributed by atoms with Crippen molar-refractivity contribution < 1.29 is 10.2 Å². The molecule has 0 amide bonds. The predicted octanol–water partition coefficient (Wildman–Crippen LogP) is 2.28. The van der Waals surface area contributed by atoms with Crippen LogP contribution in [0.1, 0.15) is 30.5 Å². The van der Waals surface area contributed by atoms with Gasteiger partial charge in [-0.05, 0) is 31.2 Å². The maximum absolute atomic E-state index is 9.64. The van der Waals surface area contributed by atoms with Gasteiger partial charge >= 0.3 is 0 Å². The summed E-state index contributed by atoms with van der Waals surface area (Å²) in [5.41, 5.74) is 0.866. The third-order valence-electron chi connectivity index (χ3n) is 2.81. The summed E-state index contributed by atoms with van der Waals surface area (Å²) in [6.07, 6.45) is 2.60. The maximum atomic E-state index is 9.64. The summed E-state index contributed by atoms with van der Waals surface area (Å²) in [5.74, 6) is 6.51. The van der Waals surface area contributed by atoms with Crippen molar-refractivity contribution in [2.24, 2.45) is 0 Å². The molecule has 0 aliphatic carbocycles. The van der Waals surface area contributed by atoms with Crippen LogP contribution < -0.4 is 0 Å². The number of rotatable bonds is 3. The number of aliphatic hydroxyl groups excluding tert-OH is 2. The van der Waals surface area contributed by atoms with E-state index in [-0.39, 0.29) is 6.61 Å². The molecule has 0 aliphatic rings. The Bertz CT molecular complexity index is 623. The molecular weight excluding hydrogens is 320 g/mol. The zero-order chi connectivity index (χ0) is 14.5. The second-order valence-electron chi connectivity index (χ2n) is 4.34.